The lowest BCUT2D eigenvalue weighted by molar-refractivity contribution is 0.0746. The maximum absolute atomic E-state index is 13.3. The van der Waals surface area contributed by atoms with Gasteiger partial charge in [-0.1, -0.05) is 30.3 Å². The van der Waals surface area contributed by atoms with E-state index in [0.29, 0.717) is 6.61 Å². The van der Waals surface area contributed by atoms with Gasteiger partial charge in [0.15, 0.2) is 0 Å². The van der Waals surface area contributed by atoms with Gasteiger partial charge < -0.3 is 14.5 Å². The number of ether oxygens (including phenoxy) is 1. The van der Waals surface area contributed by atoms with E-state index in [2.05, 4.69) is 49.1 Å². The van der Waals surface area contributed by atoms with E-state index in [4.69, 9.17) is 4.74 Å². The van der Waals surface area contributed by atoms with Crippen molar-refractivity contribution in [3.8, 4) is 5.75 Å². The first-order valence-corrected chi connectivity index (χ1v) is 12.6. The van der Waals surface area contributed by atoms with Crippen LogP contribution in [-0.2, 0) is 5.75 Å². The Hall–Kier alpha value is -2.92. The standard InChI is InChI=1S/C28H32N2O2S/c1-4-32-27-14-13-23(19-24(27)20-33-25-10-6-5-7-11-25)28(31)30-17-15-29(16-18-30)26-12-8-9-21(2)22(26)3/h5-14,19H,4,15-18,20H2,1-3H3. The SMILES string of the molecule is CCOc1ccc(C(=O)N2CCN(c3cccc(C)c3C)CC2)cc1CSc1ccccc1. The van der Waals surface area contributed by atoms with Crippen molar-refractivity contribution >= 4 is 23.4 Å². The topological polar surface area (TPSA) is 32.8 Å². The van der Waals surface area contributed by atoms with Gasteiger partial charge >= 0.3 is 0 Å². The summed E-state index contributed by atoms with van der Waals surface area (Å²) in [6.07, 6.45) is 0. The van der Waals surface area contributed by atoms with Crippen molar-refractivity contribution in [1.82, 2.24) is 4.90 Å². The van der Waals surface area contributed by atoms with Gasteiger partial charge in [-0.2, -0.15) is 0 Å². The smallest absolute Gasteiger partial charge is 0.253 e. The number of amides is 1. The van der Waals surface area contributed by atoms with E-state index >= 15 is 0 Å². The number of rotatable bonds is 7. The number of carbonyl (C=O) groups excluding carboxylic acids is 1. The zero-order chi connectivity index (χ0) is 23.2. The minimum absolute atomic E-state index is 0.102. The molecular weight excluding hydrogens is 428 g/mol. The van der Waals surface area contributed by atoms with Crippen LogP contribution >= 0.6 is 11.8 Å². The molecule has 0 N–H and O–H groups in total. The van der Waals surface area contributed by atoms with Crippen LogP contribution in [-0.4, -0.2) is 43.6 Å². The Morgan fingerprint density at radius 2 is 1.70 bits per heavy atom. The average Bonchev–Trinajstić information content (AvgIpc) is 2.85. The third-order valence-corrected chi connectivity index (χ3v) is 7.29. The van der Waals surface area contributed by atoms with Crippen LogP contribution in [0, 0.1) is 13.8 Å². The van der Waals surface area contributed by atoms with E-state index in [0.717, 1.165) is 48.8 Å². The minimum atomic E-state index is 0.102. The number of thioether (sulfide) groups is 1. The first-order valence-electron chi connectivity index (χ1n) is 11.6. The Morgan fingerprint density at radius 3 is 2.42 bits per heavy atom. The summed E-state index contributed by atoms with van der Waals surface area (Å²) in [4.78, 5) is 18.9. The quantitative estimate of drug-likeness (QED) is 0.408. The fraction of sp³-hybridized carbons (Fsp3) is 0.321. The van der Waals surface area contributed by atoms with E-state index in [1.165, 1.54) is 21.7 Å². The van der Waals surface area contributed by atoms with Crippen molar-refractivity contribution in [3.05, 3.63) is 89.0 Å². The lowest BCUT2D eigenvalue weighted by Gasteiger charge is -2.37. The summed E-state index contributed by atoms with van der Waals surface area (Å²) in [5.74, 6) is 1.72. The molecule has 1 heterocycles. The summed E-state index contributed by atoms with van der Waals surface area (Å²) in [5, 5.41) is 0. The van der Waals surface area contributed by atoms with Crippen molar-refractivity contribution in [2.75, 3.05) is 37.7 Å². The number of nitrogens with zero attached hydrogens (tertiary/aromatic N) is 2. The zero-order valence-electron chi connectivity index (χ0n) is 19.7. The second kappa shape index (κ2) is 10.8. The van der Waals surface area contributed by atoms with Gasteiger partial charge in [-0.05, 0) is 68.3 Å². The van der Waals surface area contributed by atoms with Gasteiger partial charge in [-0.25, -0.2) is 0 Å². The van der Waals surface area contributed by atoms with E-state index in [9.17, 15) is 4.79 Å². The fourth-order valence-electron chi connectivity index (χ4n) is 4.21. The van der Waals surface area contributed by atoms with Crippen LogP contribution < -0.4 is 9.64 Å². The Morgan fingerprint density at radius 1 is 0.939 bits per heavy atom. The molecule has 33 heavy (non-hydrogen) atoms. The zero-order valence-corrected chi connectivity index (χ0v) is 20.5. The van der Waals surface area contributed by atoms with Gasteiger partial charge in [-0.15, -0.1) is 11.8 Å². The van der Waals surface area contributed by atoms with Crippen LogP contribution in [0.1, 0.15) is 34.0 Å². The lowest BCUT2D eigenvalue weighted by atomic mass is 10.1. The van der Waals surface area contributed by atoms with Crippen molar-refractivity contribution < 1.29 is 9.53 Å². The molecule has 0 atom stereocenters. The number of carbonyl (C=O) groups is 1. The number of hydrogen-bond acceptors (Lipinski definition) is 4. The molecule has 0 aliphatic carbocycles. The highest BCUT2D eigenvalue weighted by Gasteiger charge is 2.24. The Balaban J connectivity index is 1.45. The Bertz CT molecular complexity index is 1090. The van der Waals surface area contributed by atoms with Gasteiger partial charge in [0.2, 0.25) is 0 Å². The number of piperazine rings is 1. The first-order chi connectivity index (χ1) is 16.1. The molecule has 1 fully saturated rings. The molecule has 0 spiro atoms. The van der Waals surface area contributed by atoms with Gasteiger partial charge in [0.25, 0.3) is 5.91 Å². The third kappa shape index (κ3) is 5.53. The highest BCUT2D eigenvalue weighted by Crippen LogP contribution is 2.30. The predicted molar refractivity (Wildman–Crippen MR) is 138 cm³/mol. The summed E-state index contributed by atoms with van der Waals surface area (Å²) < 4.78 is 5.84. The van der Waals surface area contributed by atoms with E-state index < -0.39 is 0 Å². The van der Waals surface area contributed by atoms with Gasteiger partial charge in [-0.3, -0.25) is 4.79 Å². The Kier molecular flexibility index (Phi) is 7.61. The van der Waals surface area contributed by atoms with Crippen LogP contribution in [0.25, 0.3) is 0 Å². The predicted octanol–water partition coefficient (Wildman–Crippen LogP) is 5.96. The average molecular weight is 461 g/mol. The van der Waals surface area contributed by atoms with E-state index in [-0.39, 0.29) is 5.91 Å². The largest absolute Gasteiger partial charge is 0.494 e. The highest BCUT2D eigenvalue weighted by atomic mass is 32.2. The molecule has 0 aromatic heterocycles. The van der Waals surface area contributed by atoms with Crippen molar-refractivity contribution in [1.29, 1.82) is 0 Å². The minimum Gasteiger partial charge on any atom is -0.494 e. The van der Waals surface area contributed by atoms with Gasteiger partial charge in [0.05, 0.1) is 6.61 Å². The van der Waals surface area contributed by atoms with Crippen LogP contribution in [0.3, 0.4) is 0 Å². The summed E-state index contributed by atoms with van der Waals surface area (Å²) in [6, 6.07) is 22.6. The molecule has 0 unspecified atom stereocenters. The first kappa shape index (κ1) is 23.2. The van der Waals surface area contributed by atoms with Crippen LogP contribution in [0.2, 0.25) is 0 Å². The molecule has 3 aromatic carbocycles. The molecule has 5 heteroatoms. The van der Waals surface area contributed by atoms with E-state index in [1.807, 2.05) is 48.2 Å². The monoisotopic (exact) mass is 460 g/mol. The van der Waals surface area contributed by atoms with E-state index in [1.54, 1.807) is 11.8 Å². The summed E-state index contributed by atoms with van der Waals surface area (Å²) in [5.41, 5.74) is 5.71. The second-order valence-corrected chi connectivity index (χ2v) is 9.40. The number of anilines is 1. The molecule has 1 saturated heterocycles. The number of hydrogen-bond donors (Lipinski definition) is 0. The Labute approximate surface area is 201 Å². The van der Waals surface area contributed by atoms with Gasteiger partial charge in [0.1, 0.15) is 5.75 Å². The molecule has 4 rings (SSSR count). The van der Waals surface area contributed by atoms with Crippen LogP contribution in [0.15, 0.2) is 71.6 Å². The van der Waals surface area contributed by atoms with Crippen molar-refractivity contribution in [2.24, 2.45) is 0 Å². The fourth-order valence-corrected chi connectivity index (χ4v) is 5.11. The summed E-state index contributed by atoms with van der Waals surface area (Å²) in [6.45, 7) is 10.1. The molecule has 0 radical (unpaired) electrons. The molecule has 0 bridgehead atoms. The van der Waals surface area contributed by atoms with Crippen molar-refractivity contribution in [3.63, 3.8) is 0 Å². The number of benzene rings is 3. The number of aryl methyl sites for hydroxylation is 1. The van der Waals surface area contributed by atoms with Crippen molar-refractivity contribution in [2.45, 2.75) is 31.4 Å². The van der Waals surface area contributed by atoms with Crippen LogP contribution in [0.5, 0.6) is 5.75 Å². The molecule has 1 amide bonds. The lowest BCUT2D eigenvalue weighted by Crippen LogP contribution is -2.49. The molecule has 3 aromatic rings. The summed E-state index contributed by atoms with van der Waals surface area (Å²) in [7, 11) is 0. The molecule has 0 saturated carbocycles. The molecule has 1 aliphatic rings. The van der Waals surface area contributed by atoms with Gasteiger partial charge in [0, 0.05) is 53.6 Å². The third-order valence-electron chi connectivity index (χ3n) is 6.23. The molecule has 1 aliphatic heterocycles. The highest BCUT2D eigenvalue weighted by molar-refractivity contribution is 7.98. The second-order valence-electron chi connectivity index (χ2n) is 8.36. The van der Waals surface area contributed by atoms with Crippen LogP contribution in [0.4, 0.5) is 5.69 Å². The maximum atomic E-state index is 13.3. The molecule has 4 nitrogen and oxygen atoms in total. The normalized spacial score (nSPS) is 13.8. The maximum Gasteiger partial charge on any atom is 0.253 e. The molecular formula is C28H32N2O2S. The summed E-state index contributed by atoms with van der Waals surface area (Å²) >= 11 is 1.76. The molecule has 172 valence electrons.